The van der Waals surface area contributed by atoms with Gasteiger partial charge in [-0.05, 0) is 47.5 Å². The maximum absolute atomic E-state index is 13.7. The van der Waals surface area contributed by atoms with Crippen LogP contribution < -0.4 is 10.1 Å². The quantitative estimate of drug-likeness (QED) is 0.606. The van der Waals surface area contributed by atoms with Crippen LogP contribution in [0.15, 0.2) is 72.8 Å². The number of para-hydroxylation sites is 1. The molecule has 0 aliphatic heterocycles. The fourth-order valence-electron chi connectivity index (χ4n) is 2.68. The fourth-order valence-corrected chi connectivity index (χ4v) is 2.68. The monoisotopic (exact) mass is 393 g/mol. The minimum absolute atomic E-state index is 0.0432. The van der Waals surface area contributed by atoms with Gasteiger partial charge in [-0.15, -0.1) is 0 Å². The minimum Gasteiger partial charge on any atom is -0.494 e. The molecule has 0 heterocycles. The van der Waals surface area contributed by atoms with Crippen LogP contribution in [0, 0.1) is 5.82 Å². The number of esters is 1. The number of amides is 1. The molecule has 0 aliphatic carbocycles. The third kappa shape index (κ3) is 5.65. The predicted octanol–water partition coefficient (Wildman–Crippen LogP) is 4.37. The molecular weight excluding hydrogens is 373 g/mol. The molecule has 148 valence electrons. The highest BCUT2D eigenvalue weighted by molar-refractivity contribution is 6.04. The summed E-state index contributed by atoms with van der Waals surface area (Å²) in [5.74, 6) is -1.09. The summed E-state index contributed by atoms with van der Waals surface area (Å²) in [6, 6.07) is 20.3. The van der Waals surface area contributed by atoms with Crippen LogP contribution >= 0.6 is 0 Å². The molecule has 6 heteroatoms. The van der Waals surface area contributed by atoms with Gasteiger partial charge in [0.05, 0.1) is 13.5 Å². The van der Waals surface area contributed by atoms with Crippen molar-refractivity contribution in [3.63, 3.8) is 0 Å². The summed E-state index contributed by atoms with van der Waals surface area (Å²) in [4.78, 5) is 24.2. The van der Waals surface area contributed by atoms with Gasteiger partial charge in [0.25, 0.3) is 5.91 Å². The summed E-state index contributed by atoms with van der Waals surface area (Å²) >= 11 is 0. The SMILES string of the molecule is COc1ccc(CC(=O)OCc2ccc(C(=O)Nc3ccccc3)cc2)cc1F. The van der Waals surface area contributed by atoms with E-state index in [1.165, 1.54) is 19.2 Å². The average molecular weight is 393 g/mol. The topological polar surface area (TPSA) is 64.6 Å². The van der Waals surface area contributed by atoms with Gasteiger partial charge in [0.2, 0.25) is 0 Å². The number of hydrogen-bond donors (Lipinski definition) is 1. The second-order valence-corrected chi connectivity index (χ2v) is 6.32. The summed E-state index contributed by atoms with van der Waals surface area (Å²) in [6.07, 6.45) is -0.0432. The van der Waals surface area contributed by atoms with Crippen LogP contribution in [0.4, 0.5) is 10.1 Å². The van der Waals surface area contributed by atoms with Crippen LogP contribution in [-0.4, -0.2) is 19.0 Å². The lowest BCUT2D eigenvalue weighted by atomic mass is 10.1. The molecule has 0 bridgehead atoms. The molecule has 1 N–H and O–H groups in total. The fraction of sp³-hybridized carbons (Fsp3) is 0.130. The second kappa shape index (κ2) is 9.50. The van der Waals surface area contributed by atoms with E-state index in [0.717, 1.165) is 5.56 Å². The second-order valence-electron chi connectivity index (χ2n) is 6.32. The Hall–Kier alpha value is -3.67. The normalized spacial score (nSPS) is 10.3. The summed E-state index contributed by atoms with van der Waals surface area (Å²) in [6.45, 7) is 0.0675. The number of methoxy groups -OCH3 is 1. The number of rotatable bonds is 7. The van der Waals surface area contributed by atoms with Crippen LogP contribution in [-0.2, 0) is 22.6 Å². The molecule has 0 saturated carbocycles. The molecule has 3 rings (SSSR count). The van der Waals surface area contributed by atoms with Crippen molar-refractivity contribution >= 4 is 17.6 Å². The predicted molar refractivity (Wildman–Crippen MR) is 107 cm³/mol. The smallest absolute Gasteiger partial charge is 0.310 e. The van der Waals surface area contributed by atoms with Gasteiger partial charge in [0.15, 0.2) is 11.6 Å². The van der Waals surface area contributed by atoms with E-state index in [-0.39, 0.29) is 24.7 Å². The van der Waals surface area contributed by atoms with Crippen molar-refractivity contribution in [2.45, 2.75) is 13.0 Å². The van der Waals surface area contributed by atoms with Crippen molar-refractivity contribution in [3.05, 3.63) is 95.3 Å². The van der Waals surface area contributed by atoms with Gasteiger partial charge in [-0.1, -0.05) is 36.4 Å². The summed E-state index contributed by atoms with van der Waals surface area (Å²) in [5.41, 5.74) is 2.46. The Bertz CT molecular complexity index is 988. The standard InChI is InChI=1S/C23H20FNO4/c1-28-21-12-9-17(13-20(21)24)14-22(26)29-15-16-7-10-18(11-8-16)23(27)25-19-5-3-2-4-6-19/h2-13H,14-15H2,1H3,(H,25,27). The molecule has 0 fully saturated rings. The van der Waals surface area contributed by atoms with E-state index in [4.69, 9.17) is 9.47 Å². The molecule has 0 aliphatic rings. The van der Waals surface area contributed by atoms with Crippen molar-refractivity contribution in [1.29, 1.82) is 0 Å². The van der Waals surface area contributed by atoms with Gasteiger partial charge in [-0.25, -0.2) is 4.39 Å². The van der Waals surface area contributed by atoms with Gasteiger partial charge in [-0.2, -0.15) is 0 Å². The zero-order valence-electron chi connectivity index (χ0n) is 15.9. The molecule has 0 aromatic heterocycles. The van der Waals surface area contributed by atoms with E-state index in [9.17, 15) is 14.0 Å². The number of nitrogens with one attached hydrogen (secondary N) is 1. The average Bonchev–Trinajstić information content (AvgIpc) is 2.73. The maximum Gasteiger partial charge on any atom is 0.310 e. The Morgan fingerprint density at radius 1 is 0.931 bits per heavy atom. The van der Waals surface area contributed by atoms with Crippen molar-refractivity contribution < 1.29 is 23.5 Å². The van der Waals surface area contributed by atoms with Crippen LogP contribution in [0.25, 0.3) is 0 Å². The first-order valence-corrected chi connectivity index (χ1v) is 8.98. The van der Waals surface area contributed by atoms with E-state index < -0.39 is 11.8 Å². The van der Waals surface area contributed by atoms with Crippen LogP contribution in [0.5, 0.6) is 5.75 Å². The largest absolute Gasteiger partial charge is 0.494 e. The third-order valence-corrected chi connectivity index (χ3v) is 4.21. The zero-order valence-corrected chi connectivity index (χ0v) is 15.9. The number of anilines is 1. The molecule has 29 heavy (non-hydrogen) atoms. The Balaban J connectivity index is 1.51. The Morgan fingerprint density at radius 2 is 1.62 bits per heavy atom. The molecule has 3 aromatic carbocycles. The van der Waals surface area contributed by atoms with Crippen LogP contribution in [0.1, 0.15) is 21.5 Å². The first kappa shape index (κ1) is 20.1. The Kier molecular flexibility index (Phi) is 6.58. The molecule has 0 spiro atoms. The van der Waals surface area contributed by atoms with Gasteiger partial charge >= 0.3 is 5.97 Å². The van der Waals surface area contributed by atoms with Gasteiger partial charge in [0, 0.05) is 11.3 Å². The van der Waals surface area contributed by atoms with E-state index >= 15 is 0 Å². The molecule has 5 nitrogen and oxygen atoms in total. The van der Waals surface area contributed by atoms with Gasteiger partial charge in [0.1, 0.15) is 6.61 Å². The number of benzene rings is 3. The molecule has 0 atom stereocenters. The number of halogens is 1. The highest BCUT2D eigenvalue weighted by Crippen LogP contribution is 2.18. The molecule has 1 amide bonds. The lowest BCUT2D eigenvalue weighted by Gasteiger charge is -2.08. The molecular formula is C23H20FNO4. The first-order chi connectivity index (χ1) is 14.0. The molecule has 0 unspecified atom stereocenters. The highest BCUT2D eigenvalue weighted by Gasteiger charge is 2.10. The number of hydrogen-bond acceptors (Lipinski definition) is 4. The van der Waals surface area contributed by atoms with E-state index in [2.05, 4.69) is 5.32 Å². The summed E-state index contributed by atoms with van der Waals surface area (Å²) < 4.78 is 23.8. The molecule has 3 aromatic rings. The van der Waals surface area contributed by atoms with E-state index in [1.54, 1.807) is 42.5 Å². The van der Waals surface area contributed by atoms with Crippen LogP contribution in [0.3, 0.4) is 0 Å². The van der Waals surface area contributed by atoms with Gasteiger partial charge < -0.3 is 14.8 Å². The Morgan fingerprint density at radius 3 is 2.28 bits per heavy atom. The van der Waals surface area contributed by atoms with Crippen molar-refractivity contribution in [3.8, 4) is 5.75 Å². The van der Waals surface area contributed by atoms with Gasteiger partial charge in [-0.3, -0.25) is 9.59 Å². The number of carbonyl (C=O) groups excluding carboxylic acids is 2. The molecule has 0 radical (unpaired) electrons. The summed E-state index contributed by atoms with van der Waals surface area (Å²) in [7, 11) is 1.38. The number of carbonyl (C=O) groups is 2. The van der Waals surface area contributed by atoms with E-state index in [0.29, 0.717) is 16.8 Å². The highest BCUT2D eigenvalue weighted by atomic mass is 19.1. The molecule has 0 saturated heterocycles. The maximum atomic E-state index is 13.7. The minimum atomic E-state index is -0.526. The van der Waals surface area contributed by atoms with Crippen LogP contribution in [0.2, 0.25) is 0 Å². The lowest BCUT2D eigenvalue weighted by molar-refractivity contribution is -0.144. The first-order valence-electron chi connectivity index (χ1n) is 8.98. The van der Waals surface area contributed by atoms with E-state index in [1.807, 2.05) is 18.2 Å². The zero-order chi connectivity index (χ0) is 20.6. The summed E-state index contributed by atoms with van der Waals surface area (Å²) in [5, 5.41) is 2.80. The van der Waals surface area contributed by atoms with Crippen molar-refractivity contribution in [2.24, 2.45) is 0 Å². The third-order valence-electron chi connectivity index (χ3n) is 4.21. The van der Waals surface area contributed by atoms with Crippen molar-refractivity contribution in [1.82, 2.24) is 0 Å². The lowest BCUT2D eigenvalue weighted by Crippen LogP contribution is -2.12. The Labute approximate surface area is 168 Å². The number of ether oxygens (including phenoxy) is 2. The van der Waals surface area contributed by atoms with Crippen molar-refractivity contribution in [2.75, 3.05) is 12.4 Å².